The van der Waals surface area contributed by atoms with Crippen LogP contribution in [-0.4, -0.2) is 79.5 Å². The number of amides is 1. The molecule has 0 bridgehead atoms. The summed E-state index contributed by atoms with van der Waals surface area (Å²) in [5, 5.41) is 4.74. The molecule has 0 aliphatic carbocycles. The molecule has 0 N–H and O–H groups in total. The Hall–Kier alpha value is -3.37. The second kappa shape index (κ2) is 9.86. The lowest BCUT2D eigenvalue weighted by atomic mass is 10.1. The molecule has 3 aromatic rings. The van der Waals surface area contributed by atoms with Crippen molar-refractivity contribution in [2.75, 3.05) is 46.2 Å². The molecule has 1 aliphatic rings. The minimum atomic E-state index is -3.28. The molecule has 0 atom stereocenters. The summed E-state index contributed by atoms with van der Waals surface area (Å²) in [6.07, 6.45) is 1.71. The number of benzene rings is 2. The van der Waals surface area contributed by atoms with Crippen molar-refractivity contribution in [2.45, 2.75) is 6.92 Å². The van der Waals surface area contributed by atoms with Crippen LogP contribution in [0.3, 0.4) is 0 Å². The molecule has 1 aliphatic heterocycles. The monoisotopic (exact) mass is 484 g/mol. The van der Waals surface area contributed by atoms with Gasteiger partial charge in [-0.05, 0) is 31.2 Å². The molecule has 4 rings (SSSR count). The maximum Gasteiger partial charge on any atom is 0.257 e. The third kappa shape index (κ3) is 4.64. The van der Waals surface area contributed by atoms with Gasteiger partial charge in [-0.2, -0.15) is 9.40 Å². The van der Waals surface area contributed by atoms with Crippen LogP contribution in [0.1, 0.15) is 17.3 Å². The molecule has 1 amide bonds. The molecule has 1 fully saturated rings. The Kier molecular flexibility index (Phi) is 6.90. The van der Waals surface area contributed by atoms with Crippen molar-refractivity contribution in [1.29, 1.82) is 0 Å². The number of piperazine rings is 1. The van der Waals surface area contributed by atoms with E-state index in [2.05, 4.69) is 0 Å². The van der Waals surface area contributed by atoms with Gasteiger partial charge >= 0.3 is 0 Å². The molecule has 1 saturated heterocycles. The molecule has 2 heterocycles. The summed E-state index contributed by atoms with van der Waals surface area (Å²) >= 11 is 0. The highest BCUT2D eigenvalue weighted by Gasteiger charge is 2.31. The first-order valence-corrected chi connectivity index (χ1v) is 12.6. The van der Waals surface area contributed by atoms with Gasteiger partial charge in [0.05, 0.1) is 31.2 Å². The quantitative estimate of drug-likeness (QED) is 0.512. The summed E-state index contributed by atoms with van der Waals surface area (Å²) in [7, 11) is -0.151. The molecule has 10 heteroatoms. The van der Waals surface area contributed by atoms with Gasteiger partial charge in [0.1, 0.15) is 17.2 Å². The number of methoxy groups -OCH3 is 2. The molecule has 2 aromatic carbocycles. The Bertz CT molecular complexity index is 1270. The SMILES string of the molecule is CCS(=O)(=O)N1CCN(C(=O)c2cn(-c3ccccc3)nc2-c2ccc(OC)cc2OC)CC1. The van der Waals surface area contributed by atoms with Crippen LogP contribution in [0.5, 0.6) is 11.5 Å². The third-order valence-corrected chi connectivity index (χ3v) is 7.79. The molecule has 9 nitrogen and oxygen atoms in total. The summed E-state index contributed by atoms with van der Waals surface area (Å²) < 4.78 is 38.4. The number of hydrogen-bond donors (Lipinski definition) is 0. The average molecular weight is 485 g/mol. The van der Waals surface area contributed by atoms with Crippen LogP contribution in [-0.2, 0) is 10.0 Å². The number of ether oxygens (including phenoxy) is 2. The summed E-state index contributed by atoms with van der Waals surface area (Å²) in [4.78, 5) is 15.3. The van der Waals surface area contributed by atoms with E-state index in [1.54, 1.807) is 49.1 Å². The van der Waals surface area contributed by atoms with E-state index in [4.69, 9.17) is 14.6 Å². The molecule has 0 radical (unpaired) electrons. The van der Waals surface area contributed by atoms with E-state index < -0.39 is 10.0 Å². The zero-order chi connectivity index (χ0) is 24.3. The van der Waals surface area contributed by atoms with Crippen molar-refractivity contribution in [1.82, 2.24) is 19.0 Å². The Morgan fingerprint density at radius 1 is 1.00 bits per heavy atom. The third-order valence-electron chi connectivity index (χ3n) is 5.91. The molecular formula is C24H28N4O5S. The Morgan fingerprint density at radius 2 is 1.71 bits per heavy atom. The molecule has 0 saturated carbocycles. The van der Waals surface area contributed by atoms with E-state index in [0.29, 0.717) is 41.4 Å². The van der Waals surface area contributed by atoms with E-state index in [9.17, 15) is 13.2 Å². The molecule has 0 spiro atoms. The molecule has 34 heavy (non-hydrogen) atoms. The first-order valence-electron chi connectivity index (χ1n) is 11.0. The Balaban J connectivity index is 1.72. The van der Waals surface area contributed by atoms with Crippen LogP contribution in [0.15, 0.2) is 54.7 Å². The number of carbonyl (C=O) groups is 1. The van der Waals surface area contributed by atoms with Crippen LogP contribution in [0.4, 0.5) is 0 Å². The fourth-order valence-electron chi connectivity index (χ4n) is 3.96. The Labute approximate surface area is 199 Å². The lowest BCUT2D eigenvalue weighted by Gasteiger charge is -2.33. The maximum absolute atomic E-state index is 13.6. The van der Waals surface area contributed by atoms with Crippen molar-refractivity contribution >= 4 is 15.9 Å². The zero-order valence-corrected chi connectivity index (χ0v) is 20.3. The number of hydrogen-bond acceptors (Lipinski definition) is 6. The highest BCUT2D eigenvalue weighted by molar-refractivity contribution is 7.89. The first-order chi connectivity index (χ1) is 16.4. The standard InChI is InChI=1S/C24H28N4O5S/c1-4-34(30,31)27-14-12-26(13-15-27)24(29)21-17-28(18-8-6-5-7-9-18)25-23(21)20-11-10-19(32-2)16-22(20)33-3/h5-11,16-17H,4,12-15H2,1-3H3. The Morgan fingerprint density at radius 3 is 2.32 bits per heavy atom. The molecular weight excluding hydrogens is 456 g/mol. The number of sulfonamides is 1. The highest BCUT2D eigenvalue weighted by Crippen LogP contribution is 2.35. The lowest BCUT2D eigenvalue weighted by Crippen LogP contribution is -2.50. The average Bonchev–Trinajstić information content (AvgIpc) is 3.33. The molecule has 1 aromatic heterocycles. The van der Waals surface area contributed by atoms with Gasteiger partial charge in [0.15, 0.2) is 0 Å². The van der Waals surface area contributed by atoms with Gasteiger partial charge in [-0.15, -0.1) is 0 Å². The predicted molar refractivity (Wildman–Crippen MR) is 129 cm³/mol. The van der Waals surface area contributed by atoms with Crippen molar-refractivity contribution in [2.24, 2.45) is 0 Å². The van der Waals surface area contributed by atoms with E-state index in [1.807, 2.05) is 36.4 Å². The lowest BCUT2D eigenvalue weighted by molar-refractivity contribution is 0.0698. The van der Waals surface area contributed by atoms with E-state index >= 15 is 0 Å². The van der Waals surface area contributed by atoms with E-state index in [-0.39, 0.29) is 24.7 Å². The minimum Gasteiger partial charge on any atom is -0.497 e. The molecule has 180 valence electrons. The summed E-state index contributed by atoms with van der Waals surface area (Å²) in [6.45, 7) is 2.80. The van der Waals surface area contributed by atoms with Gasteiger partial charge in [0, 0.05) is 44.0 Å². The van der Waals surface area contributed by atoms with Crippen LogP contribution >= 0.6 is 0 Å². The van der Waals surface area contributed by atoms with Gasteiger partial charge in [-0.3, -0.25) is 4.79 Å². The van der Waals surface area contributed by atoms with Crippen molar-refractivity contribution in [3.8, 4) is 28.4 Å². The second-order valence-electron chi connectivity index (χ2n) is 7.83. The summed E-state index contributed by atoms with van der Waals surface area (Å²) in [5.41, 5.74) is 2.37. The van der Waals surface area contributed by atoms with Crippen molar-refractivity contribution in [3.05, 3.63) is 60.3 Å². The first kappa shape index (κ1) is 23.8. The van der Waals surface area contributed by atoms with Crippen molar-refractivity contribution < 1.29 is 22.7 Å². The van der Waals surface area contributed by atoms with Gasteiger partial charge in [-0.1, -0.05) is 18.2 Å². The van der Waals surface area contributed by atoms with Crippen LogP contribution in [0, 0.1) is 0 Å². The van der Waals surface area contributed by atoms with Gasteiger partial charge in [0.25, 0.3) is 5.91 Å². The largest absolute Gasteiger partial charge is 0.497 e. The second-order valence-corrected chi connectivity index (χ2v) is 10.1. The summed E-state index contributed by atoms with van der Waals surface area (Å²) in [5.74, 6) is 1.00. The topological polar surface area (TPSA) is 94.0 Å². The van der Waals surface area contributed by atoms with E-state index in [1.165, 1.54) is 4.31 Å². The zero-order valence-electron chi connectivity index (χ0n) is 19.5. The number of rotatable bonds is 7. The van der Waals surface area contributed by atoms with Crippen LogP contribution in [0.2, 0.25) is 0 Å². The highest BCUT2D eigenvalue weighted by atomic mass is 32.2. The minimum absolute atomic E-state index is 0.0478. The summed E-state index contributed by atoms with van der Waals surface area (Å²) in [6, 6.07) is 14.9. The fraction of sp³-hybridized carbons (Fsp3) is 0.333. The van der Waals surface area contributed by atoms with Gasteiger partial charge < -0.3 is 14.4 Å². The predicted octanol–water partition coefficient (Wildman–Crippen LogP) is 2.66. The van der Waals surface area contributed by atoms with Crippen LogP contribution < -0.4 is 9.47 Å². The van der Waals surface area contributed by atoms with Crippen molar-refractivity contribution in [3.63, 3.8) is 0 Å². The number of para-hydroxylation sites is 1. The smallest absolute Gasteiger partial charge is 0.257 e. The van der Waals surface area contributed by atoms with Gasteiger partial charge in [-0.25, -0.2) is 13.1 Å². The number of aromatic nitrogens is 2. The normalized spacial score (nSPS) is 14.7. The fourth-order valence-corrected chi connectivity index (χ4v) is 5.04. The maximum atomic E-state index is 13.6. The van der Waals surface area contributed by atoms with E-state index in [0.717, 1.165) is 5.69 Å². The van der Waals surface area contributed by atoms with Crippen LogP contribution in [0.25, 0.3) is 16.9 Å². The molecule has 0 unspecified atom stereocenters. The van der Waals surface area contributed by atoms with Gasteiger partial charge in [0.2, 0.25) is 10.0 Å². The number of carbonyl (C=O) groups excluding carboxylic acids is 1. The number of nitrogens with zero attached hydrogens (tertiary/aromatic N) is 4.